The fraction of sp³-hybridized carbons (Fsp3) is 0.464. The maximum atomic E-state index is 13.5. The molecule has 0 spiro atoms. The van der Waals surface area contributed by atoms with E-state index in [0.717, 1.165) is 12.0 Å². The van der Waals surface area contributed by atoms with Gasteiger partial charge in [0.1, 0.15) is 11.8 Å². The molecule has 5 N–H and O–H groups in total. The summed E-state index contributed by atoms with van der Waals surface area (Å²) in [6.45, 7) is 6.04. The summed E-state index contributed by atoms with van der Waals surface area (Å²) in [4.78, 5) is 40.6. The molecule has 2 aromatic carbocycles. The molecule has 0 aliphatic carbocycles. The first-order valence-corrected chi connectivity index (χ1v) is 12.7. The molecule has 0 saturated carbocycles. The van der Waals surface area contributed by atoms with Crippen LogP contribution in [0.3, 0.4) is 0 Å². The number of aliphatic hydroxyl groups is 2. The lowest BCUT2D eigenvalue weighted by atomic mass is 9.98. The van der Waals surface area contributed by atoms with Crippen LogP contribution in [-0.4, -0.2) is 75.3 Å². The zero-order valence-corrected chi connectivity index (χ0v) is 21.6. The normalized spacial score (nSPS) is 18.9. The van der Waals surface area contributed by atoms with Gasteiger partial charge in [-0.05, 0) is 43.4 Å². The predicted molar refractivity (Wildman–Crippen MR) is 139 cm³/mol. The molecule has 9 nitrogen and oxygen atoms in total. The number of carbonyl (C=O) groups is 3. The van der Waals surface area contributed by atoms with Gasteiger partial charge in [0.05, 0.1) is 12.1 Å². The average Bonchev–Trinajstić information content (AvgIpc) is 3.26. The number of aromatic hydroxyl groups is 1. The molecule has 0 radical (unpaired) electrons. The van der Waals surface area contributed by atoms with Crippen molar-refractivity contribution in [3.8, 4) is 5.75 Å². The Hall–Kier alpha value is -3.43. The van der Waals surface area contributed by atoms with Crippen molar-refractivity contribution < 1.29 is 29.7 Å². The number of phenols is 1. The molecule has 1 aliphatic heterocycles. The van der Waals surface area contributed by atoms with Gasteiger partial charge in [0, 0.05) is 30.6 Å². The number of rotatable bonds is 10. The zero-order valence-electron chi connectivity index (χ0n) is 21.6. The summed E-state index contributed by atoms with van der Waals surface area (Å²) in [7, 11) is 0. The molecule has 1 fully saturated rings. The van der Waals surface area contributed by atoms with Crippen LogP contribution < -0.4 is 10.6 Å². The number of benzene rings is 2. The third-order valence-electron chi connectivity index (χ3n) is 6.68. The number of carbonyl (C=O) groups excluding carboxylic acids is 3. The Kier molecular flexibility index (Phi) is 9.66. The monoisotopic (exact) mass is 511 g/mol. The van der Waals surface area contributed by atoms with Crippen molar-refractivity contribution in [1.29, 1.82) is 0 Å². The molecule has 200 valence electrons. The largest absolute Gasteiger partial charge is 0.508 e. The molecule has 0 bridgehead atoms. The highest BCUT2D eigenvalue weighted by molar-refractivity contribution is 5.97. The molecule has 1 heterocycles. The maximum absolute atomic E-state index is 13.5. The summed E-state index contributed by atoms with van der Waals surface area (Å²) in [6, 6.07) is 11.7. The zero-order chi connectivity index (χ0) is 27.1. The summed E-state index contributed by atoms with van der Waals surface area (Å²) in [5.74, 6) is -1.32. The van der Waals surface area contributed by atoms with Gasteiger partial charge in [-0.25, -0.2) is 0 Å². The van der Waals surface area contributed by atoms with Crippen LogP contribution in [0, 0.1) is 12.8 Å². The second-order valence-corrected chi connectivity index (χ2v) is 10.0. The lowest BCUT2D eigenvalue weighted by Crippen LogP contribution is -2.56. The van der Waals surface area contributed by atoms with Crippen molar-refractivity contribution >= 4 is 17.7 Å². The summed E-state index contributed by atoms with van der Waals surface area (Å²) < 4.78 is 0. The summed E-state index contributed by atoms with van der Waals surface area (Å²) in [5.41, 5.74) is 1.38. The van der Waals surface area contributed by atoms with Gasteiger partial charge in [-0.1, -0.05) is 50.2 Å². The van der Waals surface area contributed by atoms with Gasteiger partial charge < -0.3 is 30.9 Å². The molecule has 1 aliphatic rings. The highest BCUT2D eigenvalue weighted by Crippen LogP contribution is 2.22. The van der Waals surface area contributed by atoms with E-state index in [2.05, 4.69) is 10.6 Å². The van der Waals surface area contributed by atoms with Crippen LogP contribution in [0.5, 0.6) is 5.75 Å². The van der Waals surface area contributed by atoms with E-state index in [0.29, 0.717) is 18.0 Å². The third-order valence-corrected chi connectivity index (χ3v) is 6.68. The van der Waals surface area contributed by atoms with Crippen molar-refractivity contribution in [1.82, 2.24) is 15.5 Å². The Morgan fingerprint density at radius 3 is 2.46 bits per heavy atom. The first kappa shape index (κ1) is 28.1. The van der Waals surface area contributed by atoms with Gasteiger partial charge in [0.15, 0.2) is 6.10 Å². The van der Waals surface area contributed by atoms with Crippen LogP contribution in [0.25, 0.3) is 0 Å². The Bertz CT molecular complexity index is 1090. The van der Waals surface area contributed by atoms with E-state index in [9.17, 15) is 29.7 Å². The number of likely N-dealkylation sites (tertiary alicyclic amines) is 1. The van der Waals surface area contributed by atoms with Crippen molar-refractivity contribution in [2.75, 3.05) is 13.1 Å². The minimum absolute atomic E-state index is 0.0405. The van der Waals surface area contributed by atoms with E-state index >= 15 is 0 Å². The molecule has 4 unspecified atom stereocenters. The van der Waals surface area contributed by atoms with Gasteiger partial charge in [-0.15, -0.1) is 0 Å². The second-order valence-electron chi connectivity index (χ2n) is 10.0. The van der Waals surface area contributed by atoms with Gasteiger partial charge in [-0.3, -0.25) is 14.4 Å². The van der Waals surface area contributed by atoms with Crippen LogP contribution in [0.2, 0.25) is 0 Å². The number of nitrogens with one attached hydrogen (secondary N) is 2. The molecule has 3 amide bonds. The molecule has 3 rings (SSSR count). The number of phenolic OH excluding ortho intramolecular Hbond substituents is 1. The van der Waals surface area contributed by atoms with E-state index in [-0.39, 0.29) is 36.6 Å². The summed E-state index contributed by atoms with van der Waals surface area (Å²) in [6.07, 6.45) is -1.56. The standard InChI is InChI=1S/C28H37N3O6/c1-17(2)12-13-29-27(36)23-15-20(32)16-31(23)28(37)25(34)22(14-19-8-5-4-6-9-19)30-26(35)21-10-7-11-24(33)18(21)3/h4-11,17,20,22-23,25,32-34H,12-16H2,1-3H3,(H,29,36)(H,30,35). The number of hydrogen-bond donors (Lipinski definition) is 5. The molecule has 2 aromatic rings. The van der Waals surface area contributed by atoms with Crippen molar-refractivity contribution in [3.05, 3.63) is 65.2 Å². The SMILES string of the molecule is Cc1c(O)cccc1C(=O)NC(Cc1ccccc1)C(O)C(=O)N1CC(O)CC1C(=O)NCCC(C)C. The minimum atomic E-state index is -1.67. The van der Waals surface area contributed by atoms with Crippen molar-refractivity contribution in [2.45, 2.75) is 64.3 Å². The summed E-state index contributed by atoms with van der Waals surface area (Å²) >= 11 is 0. The second kappa shape index (κ2) is 12.7. The van der Waals surface area contributed by atoms with E-state index in [1.807, 2.05) is 44.2 Å². The van der Waals surface area contributed by atoms with Gasteiger partial charge >= 0.3 is 0 Å². The third kappa shape index (κ3) is 7.30. The Morgan fingerprint density at radius 1 is 1.08 bits per heavy atom. The molecule has 4 atom stereocenters. The Morgan fingerprint density at radius 2 is 1.78 bits per heavy atom. The maximum Gasteiger partial charge on any atom is 0.254 e. The quantitative estimate of drug-likeness (QED) is 0.328. The number of aliphatic hydroxyl groups excluding tert-OH is 2. The predicted octanol–water partition coefficient (Wildman–Crippen LogP) is 1.53. The van der Waals surface area contributed by atoms with Crippen LogP contribution in [0.4, 0.5) is 0 Å². The van der Waals surface area contributed by atoms with Crippen LogP contribution in [-0.2, 0) is 16.0 Å². The molecule has 0 aromatic heterocycles. The molecule has 37 heavy (non-hydrogen) atoms. The smallest absolute Gasteiger partial charge is 0.254 e. The number of amides is 3. The molecular weight excluding hydrogens is 474 g/mol. The van der Waals surface area contributed by atoms with Gasteiger partial charge in [-0.2, -0.15) is 0 Å². The fourth-order valence-electron chi connectivity index (χ4n) is 4.47. The minimum Gasteiger partial charge on any atom is -0.508 e. The van der Waals surface area contributed by atoms with Crippen LogP contribution in [0.15, 0.2) is 48.5 Å². The lowest BCUT2D eigenvalue weighted by molar-refractivity contribution is -0.146. The molecule has 9 heteroatoms. The van der Waals surface area contributed by atoms with E-state index in [1.54, 1.807) is 19.1 Å². The molecule has 1 saturated heterocycles. The van der Waals surface area contributed by atoms with E-state index < -0.39 is 36.1 Å². The lowest BCUT2D eigenvalue weighted by Gasteiger charge is -2.30. The first-order chi connectivity index (χ1) is 17.6. The van der Waals surface area contributed by atoms with Crippen LogP contribution in [0.1, 0.15) is 48.2 Å². The number of β-amino-alcohol motifs (C(OH)–C–C–N with tert-alkyl or cyclic N) is 1. The van der Waals surface area contributed by atoms with Gasteiger partial charge in [0.2, 0.25) is 5.91 Å². The van der Waals surface area contributed by atoms with E-state index in [4.69, 9.17) is 0 Å². The highest BCUT2D eigenvalue weighted by atomic mass is 16.3. The Balaban J connectivity index is 1.81. The fourth-order valence-corrected chi connectivity index (χ4v) is 4.47. The molecular formula is C28H37N3O6. The highest BCUT2D eigenvalue weighted by Gasteiger charge is 2.42. The van der Waals surface area contributed by atoms with Crippen molar-refractivity contribution in [2.24, 2.45) is 5.92 Å². The topological polar surface area (TPSA) is 139 Å². The number of hydrogen-bond acceptors (Lipinski definition) is 6. The first-order valence-electron chi connectivity index (χ1n) is 12.7. The van der Waals surface area contributed by atoms with Crippen LogP contribution >= 0.6 is 0 Å². The van der Waals surface area contributed by atoms with Crippen molar-refractivity contribution in [3.63, 3.8) is 0 Å². The average molecular weight is 512 g/mol. The Labute approximate surface area is 217 Å². The van der Waals surface area contributed by atoms with Gasteiger partial charge in [0.25, 0.3) is 11.8 Å². The summed E-state index contributed by atoms with van der Waals surface area (Å²) in [5, 5.41) is 37.0. The number of nitrogens with zero attached hydrogens (tertiary/aromatic N) is 1. The van der Waals surface area contributed by atoms with E-state index in [1.165, 1.54) is 11.0 Å².